The molecule has 3 heteroatoms. The number of hydrogen-bond acceptors (Lipinski definition) is 3. The van der Waals surface area contributed by atoms with Gasteiger partial charge in [-0.15, -0.1) is 11.3 Å². The molecule has 0 aliphatic rings. The van der Waals surface area contributed by atoms with Crippen LogP contribution in [0.2, 0.25) is 0 Å². The van der Waals surface area contributed by atoms with Gasteiger partial charge in [-0.25, -0.2) is 0 Å². The van der Waals surface area contributed by atoms with E-state index in [1.165, 1.54) is 21.0 Å². The van der Waals surface area contributed by atoms with Crippen LogP contribution in [0.25, 0.3) is 0 Å². The third-order valence-electron chi connectivity index (χ3n) is 3.03. The fourth-order valence-electron chi connectivity index (χ4n) is 2.04. The Morgan fingerprint density at radius 3 is 2.61 bits per heavy atom. The zero-order valence-corrected chi connectivity index (χ0v) is 12.1. The average molecular weight is 260 g/mol. The maximum Gasteiger partial charge on any atom is 0.0437 e. The Morgan fingerprint density at radius 1 is 1.22 bits per heavy atom. The smallest absolute Gasteiger partial charge is 0.0437 e. The summed E-state index contributed by atoms with van der Waals surface area (Å²) in [5, 5.41) is 3.21. The molecule has 0 saturated carbocycles. The molecule has 18 heavy (non-hydrogen) atoms. The van der Waals surface area contributed by atoms with Crippen LogP contribution in [-0.2, 0) is 13.1 Å². The van der Waals surface area contributed by atoms with Crippen molar-refractivity contribution < 1.29 is 0 Å². The van der Waals surface area contributed by atoms with Crippen LogP contribution in [0, 0.1) is 6.92 Å². The first-order valence-corrected chi connectivity index (χ1v) is 7.01. The number of nitrogens with one attached hydrogen (secondary N) is 1. The standard InChI is InChI=1S/C15H20N2S/c1-12-13(9-15(18-12)10-16-2)11-17(3)14-7-5-4-6-8-14/h4-9,16H,10-11H2,1-3H3. The van der Waals surface area contributed by atoms with Gasteiger partial charge in [0.15, 0.2) is 0 Å². The highest BCUT2D eigenvalue weighted by Gasteiger charge is 2.08. The fraction of sp³-hybridized carbons (Fsp3) is 0.333. The molecule has 0 radical (unpaired) electrons. The van der Waals surface area contributed by atoms with E-state index in [1.807, 2.05) is 18.4 Å². The molecule has 2 nitrogen and oxygen atoms in total. The van der Waals surface area contributed by atoms with Gasteiger partial charge in [-0.1, -0.05) is 18.2 Å². The van der Waals surface area contributed by atoms with E-state index in [0.29, 0.717) is 0 Å². The van der Waals surface area contributed by atoms with Crippen LogP contribution in [0.1, 0.15) is 15.3 Å². The number of rotatable bonds is 5. The second-order valence-electron chi connectivity index (χ2n) is 4.52. The molecule has 1 aromatic heterocycles. The third kappa shape index (κ3) is 3.12. The van der Waals surface area contributed by atoms with Crippen LogP contribution < -0.4 is 10.2 Å². The summed E-state index contributed by atoms with van der Waals surface area (Å²) in [7, 11) is 4.13. The lowest BCUT2D eigenvalue weighted by Crippen LogP contribution is -2.16. The maximum absolute atomic E-state index is 3.21. The van der Waals surface area contributed by atoms with Crippen LogP contribution in [-0.4, -0.2) is 14.1 Å². The molecule has 1 heterocycles. The summed E-state index contributed by atoms with van der Waals surface area (Å²) in [6.45, 7) is 4.13. The fourth-order valence-corrected chi connectivity index (χ4v) is 3.10. The first kappa shape index (κ1) is 13.1. The number of hydrogen-bond donors (Lipinski definition) is 1. The van der Waals surface area contributed by atoms with E-state index in [0.717, 1.165) is 13.1 Å². The van der Waals surface area contributed by atoms with E-state index in [-0.39, 0.29) is 0 Å². The van der Waals surface area contributed by atoms with Crippen LogP contribution in [0.3, 0.4) is 0 Å². The molecule has 1 aromatic carbocycles. The van der Waals surface area contributed by atoms with Gasteiger partial charge < -0.3 is 10.2 Å². The van der Waals surface area contributed by atoms with Gasteiger partial charge in [0.1, 0.15) is 0 Å². The van der Waals surface area contributed by atoms with Crippen molar-refractivity contribution in [3.8, 4) is 0 Å². The van der Waals surface area contributed by atoms with Crippen molar-refractivity contribution >= 4 is 17.0 Å². The summed E-state index contributed by atoms with van der Waals surface area (Å²) in [5.74, 6) is 0. The van der Waals surface area contributed by atoms with E-state index in [4.69, 9.17) is 0 Å². The molecule has 2 aromatic rings. The first-order chi connectivity index (χ1) is 8.70. The van der Waals surface area contributed by atoms with Crippen molar-refractivity contribution in [2.45, 2.75) is 20.0 Å². The van der Waals surface area contributed by atoms with Crippen molar-refractivity contribution in [1.29, 1.82) is 0 Å². The highest BCUT2D eigenvalue weighted by Crippen LogP contribution is 2.24. The minimum absolute atomic E-state index is 0.959. The lowest BCUT2D eigenvalue weighted by Gasteiger charge is -2.19. The molecular weight excluding hydrogens is 240 g/mol. The molecule has 0 amide bonds. The molecule has 0 aliphatic carbocycles. The quantitative estimate of drug-likeness (QED) is 0.886. The van der Waals surface area contributed by atoms with E-state index >= 15 is 0 Å². The van der Waals surface area contributed by atoms with Crippen molar-refractivity contribution in [2.75, 3.05) is 19.0 Å². The van der Waals surface area contributed by atoms with Gasteiger partial charge in [0.2, 0.25) is 0 Å². The van der Waals surface area contributed by atoms with Crippen LogP contribution in [0.4, 0.5) is 5.69 Å². The summed E-state index contributed by atoms with van der Waals surface area (Å²) in [6.07, 6.45) is 0. The largest absolute Gasteiger partial charge is 0.370 e. The number of benzene rings is 1. The Hall–Kier alpha value is -1.32. The van der Waals surface area contributed by atoms with Crippen molar-refractivity contribution in [1.82, 2.24) is 5.32 Å². The molecule has 0 bridgehead atoms. The minimum Gasteiger partial charge on any atom is -0.370 e. The lowest BCUT2D eigenvalue weighted by molar-refractivity contribution is 0.829. The molecule has 0 aliphatic heterocycles. The molecule has 1 N–H and O–H groups in total. The first-order valence-electron chi connectivity index (χ1n) is 6.19. The predicted molar refractivity (Wildman–Crippen MR) is 80.4 cm³/mol. The van der Waals surface area contributed by atoms with Crippen molar-refractivity contribution in [2.24, 2.45) is 0 Å². The molecule has 0 atom stereocenters. The van der Waals surface area contributed by atoms with Gasteiger partial charge in [-0.3, -0.25) is 0 Å². The predicted octanol–water partition coefficient (Wildman–Crippen LogP) is 3.41. The Morgan fingerprint density at radius 2 is 1.94 bits per heavy atom. The summed E-state index contributed by atoms with van der Waals surface area (Å²) in [4.78, 5) is 5.12. The normalized spacial score (nSPS) is 10.6. The topological polar surface area (TPSA) is 15.3 Å². The van der Waals surface area contributed by atoms with Crippen LogP contribution in [0.5, 0.6) is 0 Å². The lowest BCUT2D eigenvalue weighted by atomic mass is 10.2. The van der Waals surface area contributed by atoms with Gasteiger partial charge in [0.25, 0.3) is 0 Å². The van der Waals surface area contributed by atoms with Gasteiger partial charge >= 0.3 is 0 Å². The number of aryl methyl sites for hydroxylation is 1. The molecule has 0 unspecified atom stereocenters. The molecule has 0 saturated heterocycles. The molecule has 2 rings (SSSR count). The van der Waals surface area contributed by atoms with E-state index in [9.17, 15) is 0 Å². The maximum atomic E-state index is 3.21. The highest BCUT2D eigenvalue weighted by atomic mass is 32.1. The Kier molecular flexibility index (Phi) is 4.39. The summed E-state index contributed by atoms with van der Waals surface area (Å²) in [6, 6.07) is 12.8. The van der Waals surface area contributed by atoms with E-state index in [1.54, 1.807) is 0 Å². The Labute approximate surface area is 113 Å². The van der Waals surface area contributed by atoms with Gasteiger partial charge in [0.05, 0.1) is 0 Å². The third-order valence-corrected chi connectivity index (χ3v) is 4.12. The molecular formula is C15H20N2S. The number of para-hydroxylation sites is 1. The van der Waals surface area contributed by atoms with Crippen molar-refractivity contribution in [3.05, 3.63) is 51.7 Å². The molecule has 0 spiro atoms. The summed E-state index contributed by atoms with van der Waals surface area (Å²) < 4.78 is 0. The zero-order chi connectivity index (χ0) is 13.0. The number of anilines is 1. The van der Waals surface area contributed by atoms with Gasteiger partial charge in [-0.05, 0) is 37.7 Å². The average Bonchev–Trinajstić information content (AvgIpc) is 2.71. The Bertz CT molecular complexity index is 490. The Balaban J connectivity index is 2.09. The monoisotopic (exact) mass is 260 g/mol. The van der Waals surface area contributed by atoms with Gasteiger partial charge in [0, 0.05) is 35.6 Å². The van der Waals surface area contributed by atoms with E-state index in [2.05, 4.69) is 60.6 Å². The molecule has 0 fully saturated rings. The number of thiophene rings is 1. The highest BCUT2D eigenvalue weighted by molar-refractivity contribution is 7.12. The summed E-state index contributed by atoms with van der Waals surface area (Å²) >= 11 is 1.89. The SMILES string of the molecule is CNCc1cc(CN(C)c2ccccc2)c(C)s1. The molecule has 96 valence electrons. The van der Waals surface area contributed by atoms with E-state index < -0.39 is 0 Å². The van der Waals surface area contributed by atoms with Crippen LogP contribution in [0.15, 0.2) is 36.4 Å². The second kappa shape index (κ2) is 6.03. The summed E-state index contributed by atoms with van der Waals surface area (Å²) in [5.41, 5.74) is 2.69. The second-order valence-corrected chi connectivity index (χ2v) is 5.86. The van der Waals surface area contributed by atoms with Crippen molar-refractivity contribution in [3.63, 3.8) is 0 Å². The van der Waals surface area contributed by atoms with Crippen LogP contribution >= 0.6 is 11.3 Å². The minimum atomic E-state index is 0.959. The van der Waals surface area contributed by atoms with Gasteiger partial charge in [-0.2, -0.15) is 0 Å². The zero-order valence-electron chi connectivity index (χ0n) is 11.2. The number of nitrogens with zero attached hydrogens (tertiary/aromatic N) is 1.